The number of ether oxygens (including phenoxy) is 1. The maximum absolute atomic E-state index is 13.2. The SMILES string of the molecule is CCN(CC)C(=O)C(C)Oc1ccc(F)cc1CCN. The smallest absolute Gasteiger partial charge is 0.263 e. The maximum Gasteiger partial charge on any atom is 0.263 e. The van der Waals surface area contributed by atoms with Gasteiger partial charge in [-0.15, -0.1) is 0 Å². The molecule has 0 bridgehead atoms. The van der Waals surface area contributed by atoms with Crippen molar-refractivity contribution >= 4 is 5.91 Å². The van der Waals surface area contributed by atoms with Gasteiger partial charge in [-0.2, -0.15) is 0 Å². The molecule has 0 heterocycles. The lowest BCUT2D eigenvalue weighted by Crippen LogP contribution is -2.40. The Morgan fingerprint density at radius 3 is 2.60 bits per heavy atom. The molecular formula is C15H23FN2O2. The Morgan fingerprint density at radius 2 is 2.05 bits per heavy atom. The summed E-state index contributed by atoms with van der Waals surface area (Å²) in [5.74, 6) is 0.117. The predicted molar refractivity (Wildman–Crippen MR) is 77.2 cm³/mol. The first-order valence-electron chi connectivity index (χ1n) is 6.97. The van der Waals surface area contributed by atoms with Gasteiger partial charge in [0.25, 0.3) is 5.91 Å². The van der Waals surface area contributed by atoms with Crippen LogP contribution in [0, 0.1) is 5.82 Å². The Balaban J connectivity index is 2.84. The molecule has 1 atom stereocenters. The Bertz CT molecular complexity index is 447. The fourth-order valence-corrected chi connectivity index (χ4v) is 2.05. The fourth-order valence-electron chi connectivity index (χ4n) is 2.05. The second-order valence-electron chi connectivity index (χ2n) is 4.56. The number of nitrogens with two attached hydrogens (primary N) is 1. The summed E-state index contributed by atoms with van der Waals surface area (Å²) in [6.45, 7) is 7.23. The molecule has 2 N–H and O–H groups in total. The number of nitrogens with zero attached hydrogens (tertiary/aromatic N) is 1. The van der Waals surface area contributed by atoms with Gasteiger partial charge in [-0.25, -0.2) is 4.39 Å². The predicted octanol–water partition coefficient (Wildman–Crippen LogP) is 1.96. The van der Waals surface area contributed by atoms with E-state index in [-0.39, 0.29) is 11.7 Å². The highest BCUT2D eigenvalue weighted by Gasteiger charge is 2.20. The average Bonchev–Trinajstić information content (AvgIpc) is 2.43. The average molecular weight is 282 g/mol. The molecule has 1 unspecified atom stereocenters. The fraction of sp³-hybridized carbons (Fsp3) is 0.533. The van der Waals surface area contributed by atoms with Crippen LogP contribution in [0.1, 0.15) is 26.3 Å². The lowest BCUT2D eigenvalue weighted by atomic mass is 10.1. The zero-order chi connectivity index (χ0) is 15.1. The van der Waals surface area contributed by atoms with Gasteiger partial charge in [0.15, 0.2) is 6.10 Å². The van der Waals surface area contributed by atoms with Crippen molar-refractivity contribution in [3.8, 4) is 5.75 Å². The van der Waals surface area contributed by atoms with E-state index in [0.717, 1.165) is 0 Å². The van der Waals surface area contributed by atoms with Crippen molar-refractivity contribution in [2.45, 2.75) is 33.3 Å². The van der Waals surface area contributed by atoms with E-state index in [1.54, 1.807) is 17.9 Å². The second-order valence-corrected chi connectivity index (χ2v) is 4.56. The molecular weight excluding hydrogens is 259 g/mol. The quantitative estimate of drug-likeness (QED) is 0.832. The van der Waals surface area contributed by atoms with E-state index >= 15 is 0 Å². The molecule has 0 saturated carbocycles. The lowest BCUT2D eigenvalue weighted by molar-refractivity contribution is -0.137. The van der Waals surface area contributed by atoms with Gasteiger partial charge in [-0.1, -0.05) is 0 Å². The monoisotopic (exact) mass is 282 g/mol. The first-order chi connectivity index (χ1) is 9.53. The van der Waals surface area contributed by atoms with Crippen molar-refractivity contribution in [3.05, 3.63) is 29.6 Å². The summed E-state index contributed by atoms with van der Waals surface area (Å²) in [5.41, 5.74) is 6.19. The van der Waals surface area contributed by atoms with Crippen molar-refractivity contribution in [2.75, 3.05) is 19.6 Å². The molecule has 0 aliphatic heterocycles. The van der Waals surface area contributed by atoms with Gasteiger partial charge >= 0.3 is 0 Å². The second kappa shape index (κ2) is 7.85. The number of likely N-dealkylation sites (N-methyl/N-ethyl adjacent to an activating group) is 1. The van der Waals surface area contributed by atoms with E-state index in [0.29, 0.717) is 37.4 Å². The van der Waals surface area contributed by atoms with Crippen LogP contribution < -0.4 is 10.5 Å². The molecule has 0 aromatic heterocycles. The summed E-state index contributed by atoms with van der Waals surface area (Å²) in [6, 6.07) is 4.27. The van der Waals surface area contributed by atoms with E-state index in [4.69, 9.17) is 10.5 Å². The molecule has 0 radical (unpaired) electrons. The van der Waals surface area contributed by atoms with Crippen molar-refractivity contribution < 1.29 is 13.9 Å². The van der Waals surface area contributed by atoms with Crippen LogP contribution >= 0.6 is 0 Å². The minimum absolute atomic E-state index is 0.0713. The van der Waals surface area contributed by atoms with Gasteiger partial charge in [-0.3, -0.25) is 4.79 Å². The standard InChI is InChI=1S/C15H23FN2O2/c1-4-18(5-2)15(19)11(3)20-14-7-6-13(16)10-12(14)8-9-17/h6-7,10-11H,4-5,8-9,17H2,1-3H3. The Hall–Kier alpha value is -1.62. The Labute approximate surface area is 119 Å². The molecule has 0 aliphatic carbocycles. The van der Waals surface area contributed by atoms with Crippen LogP contribution in [0.4, 0.5) is 4.39 Å². The van der Waals surface area contributed by atoms with Crippen LogP contribution in [-0.4, -0.2) is 36.5 Å². The third-order valence-corrected chi connectivity index (χ3v) is 3.16. The number of hydrogen-bond acceptors (Lipinski definition) is 3. The number of amides is 1. The number of carbonyl (C=O) groups excluding carboxylic acids is 1. The number of hydrogen-bond donors (Lipinski definition) is 1. The lowest BCUT2D eigenvalue weighted by Gasteiger charge is -2.24. The van der Waals surface area contributed by atoms with E-state index in [2.05, 4.69) is 0 Å². The van der Waals surface area contributed by atoms with Crippen LogP contribution in [-0.2, 0) is 11.2 Å². The zero-order valence-corrected chi connectivity index (χ0v) is 12.4. The molecule has 0 saturated heterocycles. The summed E-state index contributed by atoms with van der Waals surface area (Å²) < 4.78 is 18.9. The van der Waals surface area contributed by atoms with Crippen molar-refractivity contribution in [3.63, 3.8) is 0 Å². The van der Waals surface area contributed by atoms with Gasteiger partial charge in [0.1, 0.15) is 11.6 Å². The largest absolute Gasteiger partial charge is 0.481 e. The van der Waals surface area contributed by atoms with Crippen molar-refractivity contribution in [2.24, 2.45) is 5.73 Å². The molecule has 0 aliphatic rings. The van der Waals surface area contributed by atoms with Crippen LogP contribution in [0.5, 0.6) is 5.75 Å². The van der Waals surface area contributed by atoms with Gasteiger partial charge in [0, 0.05) is 13.1 Å². The molecule has 5 heteroatoms. The molecule has 1 amide bonds. The molecule has 1 rings (SSSR count). The highest BCUT2D eigenvalue weighted by Crippen LogP contribution is 2.21. The maximum atomic E-state index is 13.2. The molecule has 1 aromatic carbocycles. The molecule has 20 heavy (non-hydrogen) atoms. The van der Waals surface area contributed by atoms with Crippen LogP contribution in [0.2, 0.25) is 0 Å². The molecule has 1 aromatic rings. The summed E-state index contributed by atoms with van der Waals surface area (Å²) in [5, 5.41) is 0. The highest BCUT2D eigenvalue weighted by atomic mass is 19.1. The first-order valence-corrected chi connectivity index (χ1v) is 6.97. The van der Waals surface area contributed by atoms with E-state index in [9.17, 15) is 9.18 Å². The van der Waals surface area contributed by atoms with Gasteiger partial charge in [-0.05, 0) is 57.5 Å². The van der Waals surface area contributed by atoms with Crippen LogP contribution in [0.15, 0.2) is 18.2 Å². The van der Waals surface area contributed by atoms with Crippen molar-refractivity contribution in [1.82, 2.24) is 4.90 Å². The number of carbonyl (C=O) groups is 1. The van der Waals surface area contributed by atoms with E-state index in [1.807, 2.05) is 13.8 Å². The Morgan fingerprint density at radius 1 is 1.40 bits per heavy atom. The normalized spacial score (nSPS) is 12.1. The first kappa shape index (κ1) is 16.4. The summed E-state index contributed by atoms with van der Waals surface area (Å²) in [6.07, 6.45) is -0.0869. The van der Waals surface area contributed by atoms with Crippen LogP contribution in [0.3, 0.4) is 0 Å². The minimum Gasteiger partial charge on any atom is -0.481 e. The summed E-state index contributed by atoms with van der Waals surface area (Å²) in [7, 11) is 0. The third kappa shape index (κ3) is 4.20. The minimum atomic E-state index is -0.600. The highest BCUT2D eigenvalue weighted by molar-refractivity contribution is 5.80. The summed E-state index contributed by atoms with van der Waals surface area (Å²) in [4.78, 5) is 13.9. The third-order valence-electron chi connectivity index (χ3n) is 3.16. The molecule has 4 nitrogen and oxygen atoms in total. The van der Waals surface area contributed by atoms with Gasteiger partial charge in [0.2, 0.25) is 0 Å². The van der Waals surface area contributed by atoms with Gasteiger partial charge < -0.3 is 15.4 Å². The molecule has 0 spiro atoms. The number of halogens is 1. The zero-order valence-electron chi connectivity index (χ0n) is 12.4. The van der Waals surface area contributed by atoms with Gasteiger partial charge in [0.05, 0.1) is 0 Å². The van der Waals surface area contributed by atoms with E-state index < -0.39 is 6.10 Å². The van der Waals surface area contributed by atoms with Crippen molar-refractivity contribution in [1.29, 1.82) is 0 Å². The molecule has 0 fully saturated rings. The molecule has 112 valence electrons. The van der Waals surface area contributed by atoms with Crippen LogP contribution in [0.25, 0.3) is 0 Å². The Kier molecular flexibility index (Phi) is 6.45. The number of rotatable bonds is 7. The topological polar surface area (TPSA) is 55.6 Å². The number of benzene rings is 1. The van der Waals surface area contributed by atoms with E-state index in [1.165, 1.54) is 12.1 Å². The summed E-state index contributed by atoms with van der Waals surface area (Å²) >= 11 is 0.